The highest BCUT2D eigenvalue weighted by atomic mass is 32.2. The number of rotatable bonds is 3. The third-order valence-corrected chi connectivity index (χ3v) is 4.42. The Morgan fingerprint density at radius 1 is 1.05 bits per heavy atom. The molecule has 0 heterocycles. The average molecular weight is 272 g/mol. The van der Waals surface area contributed by atoms with Gasteiger partial charge in [-0.3, -0.25) is 0 Å². The van der Waals surface area contributed by atoms with Gasteiger partial charge in [0, 0.05) is 9.79 Å². The van der Waals surface area contributed by atoms with Gasteiger partial charge < -0.3 is 5.11 Å². The highest BCUT2D eigenvalue weighted by Gasteiger charge is 2.16. The number of carboxylic acid groups (broad SMARTS) is 1. The minimum atomic E-state index is -0.857. The van der Waals surface area contributed by atoms with Crippen molar-refractivity contribution in [2.45, 2.75) is 30.6 Å². The molecule has 19 heavy (non-hydrogen) atoms. The first-order chi connectivity index (χ1) is 9.00. The van der Waals surface area contributed by atoms with Gasteiger partial charge in [0.1, 0.15) is 0 Å². The topological polar surface area (TPSA) is 37.3 Å². The summed E-state index contributed by atoms with van der Waals surface area (Å²) in [6, 6.07) is 12.0. The summed E-state index contributed by atoms with van der Waals surface area (Å²) < 4.78 is 0. The molecule has 3 heteroatoms. The molecule has 0 aromatic heterocycles. The molecular formula is C16H16O2S. The van der Waals surface area contributed by atoms with Gasteiger partial charge >= 0.3 is 5.97 Å². The fourth-order valence-electron chi connectivity index (χ4n) is 2.26. The first-order valence-electron chi connectivity index (χ1n) is 6.07. The maximum atomic E-state index is 11.3. The lowest BCUT2D eigenvalue weighted by molar-refractivity contribution is 0.0695. The summed E-state index contributed by atoms with van der Waals surface area (Å²) in [4.78, 5) is 13.5. The van der Waals surface area contributed by atoms with Gasteiger partial charge in [-0.15, -0.1) is 0 Å². The van der Waals surface area contributed by atoms with E-state index in [0.717, 1.165) is 26.5 Å². The van der Waals surface area contributed by atoms with E-state index < -0.39 is 5.97 Å². The van der Waals surface area contributed by atoms with Crippen molar-refractivity contribution in [2.24, 2.45) is 0 Å². The Hall–Kier alpha value is -1.74. The molecule has 2 aromatic carbocycles. The Bertz CT molecular complexity index is 618. The van der Waals surface area contributed by atoms with Crippen LogP contribution >= 0.6 is 11.8 Å². The van der Waals surface area contributed by atoms with Gasteiger partial charge in [0.25, 0.3) is 0 Å². The minimum absolute atomic E-state index is 0.420. The smallest absolute Gasteiger partial charge is 0.336 e. The quantitative estimate of drug-likeness (QED) is 0.896. The van der Waals surface area contributed by atoms with E-state index in [-0.39, 0.29) is 0 Å². The Kier molecular flexibility index (Phi) is 3.96. The number of hydrogen-bond donors (Lipinski definition) is 1. The molecule has 0 amide bonds. The second kappa shape index (κ2) is 5.49. The molecule has 2 aromatic rings. The average Bonchev–Trinajstić information content (AvgIpc) is 2.35. The molecule has 0 aliphatic rings. The van der Waals surface area contributed by atoms with Crippen molar-refractivity contribution in [3.05, 3.63) is 58.7 Å². The highest BCUT2D eigenvalue weighted by Crippen LogP contribution is 2.35. The predicted octanol–water partition coefficient (Wildman–Crippen LogP) is 4.46. The first kappa shape index (κ1) is 13.7. The molecule has 0 bridgehead atoms. The molecule has 0 unspecified atom stereocenters. The number of carbonyl (C=O) groups is 1. The van der Waals surface area contributed by atoms with Crippen LogP contribution in [0, 0.1) is 20.8 Å². The predicted molar refractivity (Wildman–Crippen MR) is 78.2 cm³/mol. The van der Waals surface area contributed by atoms with E-state index in [9.17, 15) is 9.90 Å². The molecule has 98 valence electrons. The monoisotopic (exact) mass is 272 g/mol. The molecule has 0 saturated carbocycles. The van der Waals surface area contributed by atoms with E-state index in [4.69, 9.17) is 0 Å². The maximum absolute atomic E-state index is 11.3. The van der Waals surface area contributed by atoms with E-state index in [1.807, 2.05) is 57.2 Å². The SMILES string of the molecule is Cc1cc(C)c(C(=O)O)c(C)c1Sc1ccccc1. The van der Waals surface area contributed by atoms with E-state index in [2.05, 4.69) is 0 Å². The van der Waals surface area contributed by atoms with E-state index >= 15 is 0 Å². The summed E-state index contributed by atoms with van der Waals surface area (Å²) in [6.45, 7) is 5.76. The van der Waals surface area contributed by atoms with Crippen LogP contribution in [0.1, 0.15) is 27.0 Å². The van der Waals surface area contributed by atoms with Gasteiger partial charge in [0.05, 0.1) is 5.56 Å². The van der Waals surface area contributed by atoms with Crippen molar-refractivity contribution in [3.63, 3.8) is 0 Å². The van der Waals surface area contributed by atoms with Crippen molar-refractivity contribution in [1.29, 1.82) is 0 Å². The largest absolute Gasteiger partial charge is 0.478 e. The lowest BCUT2D eigenvalue weighted by Gasteiger charge is -2.14. The Morgan fingerprint density at radius 2 is 1.68 bits per heavy atom. The lowest BCUT2D eigenvalue weighted by Crippen LogP contribution is -2.05. The molecule has 0 aliphatic carbocycles. The van der Waals surface area contributed by atoms with E-state index in [1.54, 1.807) is 11.8 Å². The molecule has 0 fully saturated rings. The normalized spacial score (nSPS) is 10.5. The Morgan fingerprint density at radius 3 is 2.26 bits per heavy atom. The number of benzene rings is 2. The third-order valence-electron chi connectivity index (χ3n) is 3.08. The summed E-state index contributed by atoms with van der Waals surface area (Å²) >= 11 is 1.62. The number of hydrogen-bond acceptors (Lipinski definition) is 2. The van der Waals surface area contributed by atoms with Crippen LogP contribution in [0.15, 0.2) is 46.2 Å². The standard InChI is InChI=1S/C16H16O2S/c1-10-9-11(2)15(12(3)14(10)16(17)18)19-13-7-5-4-6-8-13/h4-9H,1-3H3,(H,17,18). The van der Waals surface area contributed by atoms with Crippen molar-refractivity contribution >= 4 is 17.7 Å². The zero-order chi connectivity index (χ0) is 14.0. The van der Waals surface area contributed by atoms with E-state index in [0.29, 0.717) is 5.56 Å². The van der Waals surface area contributed by atoms with Gasteiger partial charge in [0.15, 0.2) is 0 Å². The molecule has 1 N–H and O–H groups in total. The number of aromatic carboxylic acids is 1. The highest BCUT2D eigenvalue weighted by molar-refractivity contribution is 7.99. The molecule has 2 rings (SSSR count). The van der Waals surface area contributed by atoms with Gasteiger partial charge in [0.2, 0.25) is 0 Å². The van der Waals surface area contributed by atoms with Crippen molar-refractivity contribution < 1.29 is 9.90 Å². The van der Waals surface area contributed by atoms with Crippen LogP contribution in [0.2, 0.25) is 0 Å². The third kappa shape index (κ3) is 2.82. The second-order valence-electron chi connectivity index (χ2n) is 4.56. The van der Waals surface area contributed by atoms with Crippen molar-refractivity contribution in [3.8, 4) is 0 Å². The fourth-order valence-corrected chi connectivity index (χ4v) is 3.26. The molecule has 0 spiro atoms. The molecule has 0 atom stereocenters. The second-order valence-corrected chi connectivity index (χ2v) is 5.64. The van der Waals surface area contributed by atoms with Crippen LogP contribution < -0.4 is 0 Å². The van der Waals surface area contributed by atoms with Gasteiger partial charge in [-0.2, -0.15) is 0 Å². The van der Waals surface area contributed by atoms with Crippen LogP contribution in [0.25, 0.3) is 0 Å². The fraction of sp³-hybridized carbons (Fsp3) is 0.188. The molecule has 0 saturated heterocycles. The summed E-state index contributed by atoms with van der Waals surface area (Å²) in [5.74, 6) is -0.857. The van der Waals surface area contributed by atoms with Gasteiger partial charge in [-0.05, 0) is 49.6 Å². The zero-order valence-electron chi connectivity index (χ0n) is 11.2. The van der Waals surface area contributed by atoms with Gasteiger partial charge in [-0.25, -0.2) is 4.79 Å². The van der Waals surface area contributed by atoms with Crippen LogP contribution in [0.4, 0.5) is 0 Å². The van der Waals surface area contributed by atoms with Gasteiger partial charge in [-0.1, -0.05) is 36.0 Å². The minimum Gasteiger partial charge on any atom is -0.478 e. The Labute approximate surface area is 117 Å². The van der Waals surface area contributed by atoms with Crippen LogP contribution in [-0.4, -0.2) is 11.1 Å². The van der Waals surface area contributed by atoms with Crippen LogP contribution in [0.5, 0.6) is 0 Å². The summed E-state index contributed by atoms with van der Waals surface area (Å²) in [5, 5.41) is 9.32. The van der Waals surface area contributed by atoms with Crippen molar-refractivity contribution in [2.75, 3.05) is 0 Å². The summed E-state index contributed by atoms with van der Waals surface area (Å²) in [7, 11) is 0. The lowest BCUT2D eigenvalue weighted by atomic mass is 10.00. The first-order valence-corrected chi connectivity index (χ1v) is 6.89. The zero-order valence-corrected chi connectivity index (χ0v) is 12.0. The molecular weight excluding hydrogens is 256 g/mol. The van der Waals surface area contributed by atoms with E-state index in [1.165, 1.54) is 0 Å². The Balaban J connectivity index is 2.52. The van der Waals surface area contributed by atoms with Crippen molar-refractivity contribution in [1.82, 2.24) is 0 Å². The maximum Gasteiger partial charge on any atom is 0.336 e. The molecule has 2 nitrogen and oxygen atoms in total. The molecule has 0 radical (unpaired) electrons. The summed E-state index contributed by atoms with van der Waals surface area (Å²) in [5.41, 5.74) is 3.21. The van der Waals surface area contributed by atoms with Crippen LogP contribution in [-0.2, 0) is 0 Å². The summed E-state index contributed by atoms with van der Waals surface area (Å²) in [6.07, 6.45) is 0. The molecule has 0 aliphatic heterocycles. The van der Waals surface area contributed by atoms with Crippen LogP contribution in [0.3, 0.4) is 0 Å². The number of carboxylic acids is 1. The number of aryl methyl sites for hydroxylation is 2.